The van der Waals surface area contributed by atoms with E-state index in [4.69, 9.17) is 4.74 Å². The zero-order chi connectivity index (χ0) is 18.9. The quantitative estimate of drug-likeness (QED) is 0.591. The molecule has 0 aliphatic carbocycles. The van der Waals surface area contributed by atoms with E-state index in [1.54, 1.807) is 0 Å². The first-order valence-corrected chi connectivity index (χ1v) is 8.50. The molecule has 26 heavy (non-hydrogen) atoms. The Balaban J connectivity index is 1.98. The number of aromatic nitrogens is 2. The fourth-order valence-corrected chi connectivity index (χ4v) is 2.90. The molecule has 0 N–H and O–H groups in total. The SMILES string of the molecule is Cc1ccccc1OCc1nc2cc(C(F)(F)F)ccc2n1CC(C)C. The highest BCUT2D eigenvalue weighted by Gasteiger charge is 2.31. The summed E-state index contributed by atoms with van der Waals surface area (Å²) in [5.74, 6) is 1.69. The predicted molar refractivity (Wildman–Crippen MR) is 95.1 cm³/mol. The Morgan fingerprint density at radius 3 is 2.50 bits per heavy atom. The first-order chi connectivity index (χ1) is 12.3. The standard InChI is InChI=1S/C20H21F3N2O/c1-13(2)11-25-17-9-8-15(20(21,22)23)10-16(17)24-19(25)12-26-18-7-5-4-6-14(18)3/h4-10,13H,11-12H2,1-3H3. The molecule has 0 atom stereocenters. The summed E-state index contributed by atoms with van der Waals surface area (Å²) >= 11 is 0. The summed E-state index contributed by atoms with van der Waals surface area (Å²) in [6, 6.07) is 11.3. The Bertz CT molecular complexity index is 913. The normalized spacial score (nSPS) is 12.1. The molecule has 1 aromatic heterocycles. The number of ether oxygens (including phenoxy) is 1. The van der Waals surface area contributed by atoms with Crippen LogP contribution >= 0.6 is 0 Å². The molecule has 3 rings (SSSR count). The van der Waals surface area contributed by atoms with Crippen LogP contribution < -0.4 is 4.74 Å². The van der Waals surface area contributed by atoms with Crippen molar-refractivity contribution in [1.82, 2.24) is 9.55 Å². The maximum absolute atomic E-state index is 13.0. The van der Waals surface area contributed by atoms with Gasteiger partial charge in [0.05, 0.1) is 16.6 Å². The van der Waals surface area contributed by atoms with Crippen molar-refractivity contribution in [2.75, 3.05) is 0 Å². The number of halogens is 3. The number of para-hydroxylation sites is 1. The number of hydrogen-bond acceptors (Lipinski definition) is 2. The number of rotatable bonds is 5. The van der Waals surface area contributed by atoms with Crippen LogP contribution in [-0.4, -0.2) is 9.55 Å². The van der Waals surface area contributed by atoms with Gasteiger partial charge in [0.1, 0.15) is 18.2 Å². The fraction of sp³-hybridized carbons (Fsp3) is 0.350. The Kier molecular flexibility index (Phi) is 4.94. The van der Waals surface area contributed by atoms with Gasteiger partial charge >= 0.3 is 6.18 Å². The molecule has 0 fully saturated rings. The van der Waals surface area contributed by atoms with Crippen molar-refractivity contribution < 1.29 is 17.9 Å². The third-order valence-electron chi connectivity index (χ3n) is 4.15. The lowest BCUT2D eigenvalue weighted by Gasteiger charge is -2.13. The van der Waals surface area contributed by atoms with Gasteiger partial charge in [0.2, 0.25) is 0 Å². The monoisotopic (exact) mass is 362 g/mol. The lowest BCUT2D eigenvalue weighted by Crippen LogP contribution is -2.11. The average Bonchev–Trinajstić information content (AvgIpc) is 2.90. The Labute approximate surface area is 150 Å². The number of nitrogens with zero attached hydrogens (tertiary/aromatic N) is 2. The van der Waals surface area contributed by atoms with Crippen LogP contribution in [0.1, 0.15) is 30.8 Å². The van der Waals surface area contributed by atoms with E-state index in [0.717, 1.165) is 23.4 Å². The molecule has 0 amide bonds. The molecule has 0 aliphatic rings. The topological polar surface area (TPSA) is 27.1 Å². The van der Waals surface area contributed by atoms with Crippen molar-refractivity contribution in [3.63, 3.8) is 0 Å². The van der Waals surface area contributed by atoms with Gasteiger partial charge in [-0.3, -0.25) is 0 Å². The largest absolute Gasteiger partial charge is 0.485 e. The second kappa shape index (κ2) is 7.02. The van der Waals surface area contributed by atoms with Gasteiger partial charge in [-0.15, -0.1) is 0 Å². The summed E-state index contributed by atoms with van der Waals surface area (Å²) < 4.78 is 46.8. The minimum atomic E-state index is -4.38. The summed E-state index contributed by atoms with van der Waals surface area (Å²) in [6.07, 6.45) is -4.38. The van der Waals surface area contributed by atoms with Gasteiger partial charge in [0.25, 0.3) is 0 Å². The third kappa shape index (κ3) is 3.84. The van der Waals surface area contributed by atoms with E-state index in [1.807, 2.05) is 35.8 Å². The highest BCUT2D eigenvalue weighted by atomic mass is 19.4. The number of alkyl halides is 3. The van der Waals surface area contributed by atoms with Crippen LogP contribution in [0.15, 0.2) is 42.5 Å². The summed E-state index contributed by atoms with van der Waals surface area (Å²) in [4.78, 5) is 4.42. The van der Waals surface area contributed by atoms with Gasteiger partial charge in [0.15, 0.2) is 0 Å². The molecule has 6 heteroatoms. The molecule has 0 unspecified atom stereocenters. The second-order valence-electron chi connectivity index (χ2n) is 6.79. The lowest BCUT2D eigenvalue weighted by atomic mass is 10.2. The molecular weight excluding hydrogens is 341 g/mol. The molecule has 138 valence electrons. The summed E-state index contributed by atoms with van der Waals surface area (Å²) in [6.45, 7) is 6.92. The number of benzene rings is 2. The molecule has 0 bridgehead atoms. The minimum absolute atomic E-state index is 0.202. The molecule has 0 saturated carbocycles. The van der Waals surface area contributed by atoms with Crippen molar-refractivity contribution in [3.8, 4) is 5.75 Å². The highest BCUT2D eigenvalue weighted by Crippen LogP contribution is 2.32. The molecule has 1 heterocycles. The molecule has 3 aromatic rings. The average molecular weight is 362 g/mol. The Morgan fingerprint density at radius 1 is 1.12 bits per heavy atom. The molecule has 3 nitrogen and oxygen atoms in total. The smallest absolute Gasteiger partial charge is 0.416 e. The van der Waals surface area contributed by atoms with Crippen molar-refractivity contribution >= 4 is 11.0 Å². The van der Waals surface area contributed by atoms with Crippen molar-refractivity contribution in [2.45, 2.75) is 40.1 Å². The molecular formula is C20H21F3N2O. The number of fused-ring (bicyclic) bond motifs is 1. The summed E-state index contributed by atoms with van der Waals surface area (Å²) in [5.41, 5.74) is 1.34. The van der Waals surface area contributed by atoms with E-state index in [1.165, 1.54) is 6.07 Å². The van der Waals surface area contributed by atoms with E-state index < -0.39 is 11.7 Å². The van der Waals surface area contributed by atoms with Gasteiger partial charge in [0, 0.05) is 6.54 Å². The fourth-order valence-electron chi connectivity index (χ4n) is 2.90. The number of aryl methyl sites for hydroxylation is 1. The van der Waals surface area contributed by atoms with Crippen molar-refractivity contribution in [3.05, 3.63) is 59.4 Å². The van der Waals surface area contributed by atoms with Crippen LogP contribution in [0, 0.1) is 12.8 Å². The molecule has 0 radical (unpaired) electrons. The maximum atomic E-state index is 13.0. The van der Waals surface area contributed by atoms with Crippen LogP contribution in [-0.2, 0) is 19.3 Å². The molecule has 0 aliphatic heterocycles. The van der Waals surface area contributed by atoms with Gasteiger partial charge < -0.3 is 9.30 Å². The third-order valence-corrected chi connectivity index (χ3v) is 4.15. The second-order valence-corrected chi connectivity index (χ2v) is 6.79. The summed E-state index contributed by atoms with van der Waals surface area (Å²) in [5, 5.41) is 0. The zero-order valence-corrected chi connectivity index (χ0v) is 15.0. The predicted octanol–water partition coefficient (Wildman–Crippen LogP) is 5.60. The number of hydrogen-bond donors (Lipinski definition) is 0. The van der Waals surface area contributed by atoms with E-state index >= 15 is 0 Å². The highest BCUT2D eigenvalue weighted by molar-refractivity contribution is 5.77. The Hall–Kier alpha value is -2.50. The van der Waals surface area contributed by atoms with E-state index in [9.17, 15) is 13.2 Å². The number of imidazole rings is 1. The minimum Gasteiger partial charge on any atom is -0.485 e. The van der Waals surface area contributed by atoms with E-state index in [0.29, 0.717) is 29.3 Å². The van der Waals surface area contributed by atoms with Crippen LogP contribution in [0.3, 0.4) is 0 Å². The van der Waals surface area contributed by atoms with Gasteiger partial charge in [-0.1, -0.05) is 32.0 Å². The van der Waals surface area contributed by atoms with Crippen LogP contribution in [0.5, 0.6) is 5.75 Å². The Morgan fingerprint density at radius 2 is 1.85 bits per heavy atom. The first-order valence-electron chi connectivity index (χ1n) is 8.50. The molecule has 0 spiro atoms. The zero-order valence-electron chi connectivity index (χ0n) is 15.0. The van der Waals surface area contributed by atoms with E-state index in [2.05, 4.69) is 18.8 Å². The molecule has 0 saturated heterocycles. The van der Waals surface area contributed by atoms with Crippen molar-refractivity contribution in [2.24, 2.45) is 5.92 Å². The summed E-state index contributed by atoms with van der Waals surface area (Å²) in [7, 11) is 0. The lowest BCUT2D eigenvalue weighted by molar-refractivity contribution is -0.137. The van der Waals surface area contributed by atoms with Gasteiger partial charge in [-0.05, 0) is 42.7 Å². The van der Waals surface area contributed by atoms with Crippen LogP contribution in [0.25, 0.3) is 11.0 Å². The van der Waals surface area contributed by atoms with Crippen LogP contribution in [0.2, 0.25) is 0 Å². The van der Waals surface area contributed by atoms with E-state index in [-0.39, 0.29) is 6.61 Å². The first kappa shape index (κ1) is 18.3. The molecule has 2 aromatic carbocycles. The van der Waals surface area contributed by atoms with Gasteiger partial charge in [-0.25, -0.2) is 4.98 Å². The maximum Gasteiger partial charge on any atom is 0.416 e. The van der Waals surface area contributed by atoms with Gasteiger partial charge in [-0.2, -0.15) is 13.2 Å². The van der Waals surface area contributed by atoms with Crippen molar-refractivity contribution in [1.29, 1.82) is 0 Å². The van der Waals surface area contributed by atoms with Crippen LogP contribution in [0.4, 0.5) is 13.2 Å².